The molecule has 20 heavy (non-hydrogen) atoms. The number of rotatable bonds is 3. The molecule has 0 aliphatic carbocycles. The van der Waals surface area contributed by atoms with Gasteiger partial charge >= 0.3 is 0 Å². The second-order valence-corrected chi connectivity index (χ2v) is 5.03. The molecule has 5 nitrogen and oxygen atoms in total. The van der Waals surface area contributed by atoms with Crippen LogP contribution in [0.3, 0.4) is 0 Å². The molecule has 3 rings (SSSR count). The van der Waals surface area contributed by atoms with E-state index in [1.807, 2.05) is 42.5 Å². The van der Waals surface area contributed by atoms with Crippen molar-refractivity contribution in [3.05, 3.63) is 64.6 Å². The molecule has 0 bridgehead atoms. The number of pyridine rings is 1. The number of benzene rings is 1. The minimum absolute atomic E-state index is 0.365. The van der Waals surface area contributed by atoms with Gasteiger partial charge < -0.3 is 10.3 Å². The van der Waals surface area contributed by atoms with Crippen LogP contribution < -0.4 is 5.73 Å². The molecule has 2 heterocycles. The quantitative estimate of drug-likeness (QED) is 0.798. The van der Waals surface area contributed by atoms with E-state index in [2.05, 4.69) is 31.1 Å². The van der Waals surface area contributed by atoms with Gasteiger partial charge in [-0.25, -0.2) is 0 Å². The van der Waals surface area contributed by atoms with Gasteiger partial charge in [-0.3, -0.25) is 4.98 Å². The lowest BCUT2D eigenvalue weighted by Crippen LogP contribution is -2.12. The van der Waals surface area contributed by atoms with E-state index >= 15 is 0 Å². The molecule has 0 aliphatic heterocycles. The third kappa shape index (κ3) is 2.48. The molecule has 1 aromatic carbocycles. The molecular weight excluding hydrogens is 320 g/mol. The Morgan fingerprint density at radius 1 is 1.10 bits per heavy atom. The Morgan fingerprint density at radius 2 is 1.90 bits per heavy atom. The van der Waals surface area contributed by atoms with E-state index in [4.69, 9.17) is 10.3 Å². The second kappa shape index (κ2) is 5.52. The molecule has 0 aliphatic rings. The molecular formula is C14H11BrN4O. The average Bonchev–Trinajstić information content (AvgIpc) is 2.97. The highest BCUT2D eigenvalue weighted by molar-refractivity contribution is 9.10. The zero-order chi connectivity index (χ0) is 13.9. The summed E-state index contributed by atoms with van der Waals surface area (Å²) >= 11 is 3.41. The van der Waals surface area contributed by atoms with Crippen molar-refractivity contribution in [3.8, 4) is 11.5 Å². The maximum atomic E-state index is 6.12. The second-order valence-electron chi connectivity index (χ2n) is 4.18. The van der Waals surface area contributed by atoms with E-state index in [-0.39, 0.29) is 0 Å². The predicted molar refractivity (Wildman–Crippen MR) is 77.7 cm³/mol. The topological polar surface area (TPSA) is 77.8 Å². The summed E-state index contributed by atoms with van der Waals surface area (Å²) in [5.41, 5.74) is 7.66. The van der Waals surface area contributed by atoms with Gasteiger partial charge in [0.15, 0.2) is 0 Å². The van der Waals surface area contributed by atoms with Crippen LogP contribution in [0.4, 0.5) is 0 Å². The van der Waals surface area contributed by atoms with Crippen LogP contribution in [0.25, 0.3) is 11.5 Å². The fourth-order valence-corrected chi connectivity index (χ4v) is 2.24. The van der Waals surface area contributed by atoms with Gasteiger partial charge in [-0.2, -0.15) is 4.98 Å². The zero-order valence-corrected chi connectivity index (χ0v) is 12.0. The van der Waals surface area contributed by atoms with Crippen LogP contribution in [0.15, 0.2) is 57.7 Å². The first-order chi connectivity index (χ1) is 9.75. The van der Waals surface area contributed by atoms with E-state index in [1.54, 1.807) is 6.20 Å². The van der Waals surface area contributed by atoms with Crippen LogP contribution in [0.2, 0.25) is 0 Å². The molecule has 0 radical (unpaired) electrons. The summed E-state index contributed by atoms with van der Waals surface area (Å²) in [7, 11) is 0. The molecule has 2 N–H and O–H groups in total. The van der Waals surface area contributed by atoms with Crippen molar-refractivity contribution >= 4 is 15.9 Å². The number of hydrogen-bond donors (Lipinski definition) is 1. The van der Waals surface area contributed by atoms with Gasteiger partial charge in [0.2, 0.25) is 11.7 Å². The summed E-state index contributed by atoms with van der Waals surface area (Å²) in [4.78, 5) is 8.54. The summed E-state index contributed by atoms with van der Waals surface area (Å²) in [6, 6.07) is 12.9. The van der Waals surface area contributed by atoms with Crippen LogP contribution in [0.5, 0.6) is 0 Å². The zero-order valence-electron chi connectivity index (χ0n) is 10.4. The van der Waals surface area contributed by atoms with Crippen LogP contribution >= 0.6 is 15.9 Å². The standard InChI is InChI=1S/C14H11BrN4O/c15-10-7-4-8-17-12(10)13-18-14(20-19-13)11(16)9-5-2-1-3-6-9/h1-8,11H,16H2/t11-/m1/s1. The lowest BCUT2D eigenvalue weighted by molar-refractivity contribution is 0.367. The predicted octanol–water partition coefficient (Wildman–Crippen LogP) is 2.94. The molecule has 0 unspecified atom stereocenters. The normalized spacial score (nSPS) is 12.3. The molecule has 0 spiro atoms. The van der Waals surface area contributed by atoms with Gasteiger partial charge in [-0.15, -0.1) is 0 Å². The van der Waals surface area contributed by atoms with Gasteiger partial charge in [0, 0.05) is 10.7 Å². The lowest BCUT2D eigenvalue weighted by atomic mass is 10.1. The maximum absolute atomic E-state index is 6.12. The van der Waals surface area contributed by atoms with E-state index in [9.17, 15) is 0 Å². The van der Waals surface area contributed by atoms with Crippen LogP contribution in [-0.2, 0) is 0 Å². The summed E-state index contributed by atoms with van der Waals surface area (Å²) in [5.74, 6) is 0.780. The fourth-order valence-electron chi connectivity index (χ4n) is 1.81. The molecule has 0 fully saturated rings. The SMILES string of the molecule is N[C@H](c1ccccc1)c1nc(-c2ncccc2Br)no1. The van der Waals surface area contributed by atoms with E-state index in [0.717, 1.165) is 10.0 Å². The monoisotopic (exact) mass is 330 g/mol. The lowest BCUT2D eigenvalue weighted by Gasteiger charge is -2.05. The molecule has 0 saturated carbocycles. The Balaban J connectivity index is 1.93. The van der Waals surface area contributed by atoms with Crippen molar-refractivity contribution in [2.24, 2.45) is 5.73 Å². The third-order valence-corrected chi connectivity index (χ3v) is 3.48. The van der Waals surface area contributed by atoms with Crippen molar-refractivity contribution in [1.29, 1.82) is 0 Å². The van der Waals surface area contributed by atoms with Crippen LogP contribution in [-0.4, -0.2) is 15.1 Å². The minimum Gasteiger partial charge on any atom is -0.337 e. The molecule has 3 aromatic rings. The number of hydrogen-bond acceptors (Lipinski definition) is 5. The van der Waals surface area contributed by atoms with E-state index in [1.165, 1.54) is 0 Å². The number of aromatic nitrogens is 3. The Hall–Kier alpha value is -2.05. The fraction of sp³-hybridized carbons (Fsp3) is 0.0714. The first kappa shape index (κ1) is 13.0. The third-order valence-electron chi connectivity index (χ3n) is 2.84. The summed E-state index contributed by atoms with van der Waals surface area (Å²) in [6.45, 7) is 0. The number of halogens is 1. The van der Waals surface area contributed by atoms with Gasteiger partial charge in [-0.05, 0) is 33.6 Å². The summed E-state index contributed by atoms with van der Waals surface area (Å²) in [6.07, 6.45) is 1.67. The van der Waals surface area contributed by atoms with Gasteiger partial charge in [0.05, 0.1) is 0 Å². The van der Waals surface area contributed by atoms with Crippen LogP contribution in [0, 0.1) is 0 Å². The van der Waals surface area contributed by atoms with Gasteiger partial charge in [0.1, 0.15) is 11.7 Å². The molecule has 0 saturated heterocycles. The highest BCUT2D eigenvalue weighted by Gasteiger charge is 2.18. The maximum Gasteiger partial charge on any atom is 0.248 e. The summed E-state index contributed by atoms with van der Waals surface area (Å²) in [5, 5.41) is 3.94. The van der Waals surface area contributed by atoms with E-state index < -0.39 is 6.04 Å². The first-order valence-electron chi connectivity index (χ1n) is 6.01. The Kier molecular flexibility index (Phi) is 3.58. The molecule has 6 heteroatoms. The Bertz CT molecular complexity index is 714. The highest BCUT2D eigenvalue weighted by Crippen LogP contribution is 2.25. The first-order valence-corrected chi connectivity index (χ1v) is 6.80. The van der Waals surface area contributed by atoms with E-state index in [0.29, 0.717) is 17.4 Å². The average molecular weight is 331 g/mol. The number of nitrogens with two attached hydrogens (primary N) is 1. The van der Waals surface area contributed by atoms with Crippen molar-refractivity contribution in [2.75, 3.05) is 0 Å². The van der Waals surface area contributed by atoms with Crippen molar-refractivity contribution in [3.63, 3.8) is 0 Å². The molecule has 2 aromatic heterocycles. The van der Waals surface area contributed by atoms with Crippen molar-refractivity contribution in [1.82, 2.24) is 15.1 Å². The van der Waals surface area contributed by atoms with Gasteiger partial charge in [0.25, 0.3) is 0 Å². The Labute approximate surface area is 124 Å². The number of nitrogens with zero attached hydrogens (tertiary/aromatic N) is 3. The van der Waals surface area contributed by atoms with Crippen LogP contribution in [0.1, 0.15) is 17.5 Å². The molecule has 100 valence electrons. The smallest absolute Gasteiger partial charge is 0.248 e. The molecule has 1 atom stereocenters. The van der Waals surface area contributed by atoms with Crippen molar-refractivity contribution < 1.29 is 4.52 Å². The largest absolute Gasteiger partial charge is 0.337 e. The summed E-state index contributed by atoms with van der Waals surface area (Å²) < 4.78 is 6.05. The highest BCUT2D eigenvalue weighted by atomic mass is 79.9. The van der Waals surface area contributed by atoms with Gasteiger partial charge in [-0.1, -0.05) is 35.5 Å². The Morgan fingerprint density at radius 3 is 2.65 bits per heavy atom. The van der Waals surface area contributed by atoms with Crippen molar-refractivity contribution in [2.45, 2.75) is 6.04 Å². The molecule has 0 amide bonds. The minimum atomic E-state index is -0.445.